The summed E-state index contributed by atoms with van der Waals surface area (Å²) in [6.07, 6.45) is 1.24. The lowest BCUT2D eigenvalue weighted by Gasteiger charge is -2.12. The number of amides is 3. The zero-order valence-electron chi connectivity index (χ0n) is 19.3. The standard InChI is InChI=1S/C24H16Br2ClN3O8/c1-36-23(32)20-5-4-16(38-20)10-29-22(31)18(28-24(29)33)7-13-6-15(27)9-19(30(34)35)21(13)37-11-12-2-3-14(25)8-17(12)26/h2-9H,10-11H2,1H3,(H,28,33)/b18-7-. The van der Waals surface area contributed by atoms with Crippen molar-refractivity contribution in [3.8, 4) is 5.75 Å². The van der Waals surface area contributed by atoms with Crippen LogP contribution in [0.5, 0.6) is 5.75 Å². The highest BCUT2D eigenvalue weighted by atomic mass is 79.9. The summed E-state index contributed by atoms with van der Waals surface area (Å²) in [4.78, 5) is 49.1. The number of nitro benzene ring substituents is 1. The molecule has 1 aromatic heterocycles. The van der Waals surface area contributed by atoms with Gasteiger partial charge in [-0.15, -0.1) is 0 Å². The summed E-state index contributed by atoms with van der Waals surface area (Å²) in [5.74, 6) is -1.50. The highest BCUT2D eigenvalue weighted by Gasteiger charge is 2.35. The van der Waals surface area contributed by atoms with Gasteiger partial charge < -0.3 is 19.2 Å². The molecule has 0 radical (unpaired) electrons. The Hall–Kier alpha value is -3.68. The topological polar surface area (TPSA) is 141 Å². The van der Waals surface area contributed by atoms with Crippen molar-refractivity contribution in [1.82, 2.24) is 10.2 Å². The van der Waals surface area contributed by atoms with E-state index in [1.165, 1.54) is 31.4 Å². The van der Waals surface area contributed by atoms with Gasteiger partial charge in [0.2, 0.25) is 11.5 Å². The van der Waals surface area contributed by atoms with Gasteiger partial charge in [-0.05, 0) is 36.4 Å². The number of carbonyl (C=O) groups excluding carboxylic acids is 3. The second-order valence-corrected chi connectivity index (χ2v) is 9.97. The summed E-state index contributed by atoms with van der Waals surface area (Å²) in [7, 11) is 1.19. The van der Waals surface area contributed by atoms with Crippen LogP contribution in [0.2, 0.25) is 5.02 Å². The van der Waals surface area contributed by atoms with Crippen molar-refractivity contribution in [3.05, 3.63) is 94.9 Å². The fraction of sp³-hybridized carbons (Fsp3) is 0.125. The Morgan fingerprint density at radius 1 is 1.21 bits per heavy atom. The number of nitro groups is 1. The maximum absolute atomic E-state index is 13.0. The first-order chi connectivity index (χ1) is 18.1. The lowest BCUT2D eigenvalue weighted by atomic mass is 10.1. The second kappa shape index (κ2) is 11.4. The normalized spacial score (nSPS) is 14.1. The van der Waals surface area contributed by atoms with E-state index in [1.807, 2.05) is 0 Å². The molecule has 0 saturated carbocycles. The van der Waals surface area contributed by atoms with Crippen LogP contribution in [0.4, 0.5) is 10.5 Å². The Kier molecular flexibility index (Phi) is 8.19. The van der Waals surface area contributed by atoms with Crippen molar-refractivity contribution in [3.63, 3.8) is 0 Å². The highest BCUT2D eigenvalue weighted by Crippen LogP contribution is 2.37. The van der Waals surface area contributed by atoms with Gasteiger partial charge in [-0.3, -0.25) is 19.8 Å². The summed E-state index contributed by atoms with van der Waals surface area (Å²) < 4.78 is 17.3. The number of esters is 1. The molecule has 0 spiro atoms. The van der Waals surface area contributed by atoms with Crippen LogP contribution in [-0.2, 0) is 22.7 Å². The molecule has 4 rings (SSSR count). The number of hydrogen-bond donors (Lipinski definition) is 1. The van der Waals surface area contributed by atoms with Gasteiger partial charge in [-0.25, -0.2) is 9.59 Å². The minimum absolute atomic E-state index is 0.0280. The number of rotatable bonds is 8. The summed E-state index contributed by atoms with van der Waals surface area (Å²) in [6.45, 7) is -0.310. The van der Waals surface area contributed by atoms with Crippen LogP contribution in [-0.4, -0.2) is 34.8 Å². The first-order valence-corrected chi connectivity index (χ1v) is 12.6. The highest BCUT2D eigenvalue weighted by molar-refractivity contribution is 9.11. The molecule has 1 fully saturated rings. The molecule has 1 aliphatic heterocycles. The minimum atomic E-state index is -0.755. The average Bonchev–Trinajstić information content (AvgIpc) is 3.44. The fourth-order valence-electron chi connectivity index (χ4n) is 3.49. The Balaban J connectivity index is 1.64. The number of furan rings is 1. The molecule has 0 bridgehead atoms. The smallest absolute Gasteiger partial charge is 0.373 e. The predicted molar refractivity (Wildman–Crippen MR) is 141 cm³/mol. The molecule has 196 valence electrons. The Bertz CT molecular complexity index is 1500. The third kappa shape index (κ3) is 5.90. The van der Waals surface area contributed by atoms with Gasteiger partial charge in [0.1, 0.15) is 18.1 Å². The minimum Gasteiger partial charge on any atom is -0.481 e. The molecule has 0 aliphatic carbocycles. The number of imide groups is 1. The molecule has 3 amide bonds. The quantitative estimate of drug-likeness (QED) is 0.104. The van der Waals surface area contributed by atoms with Gasteiger partial charge in [0, 0.05) is 31.2 Å². The van der Waals surface area contributed by atoms with Crippen LogP contribution in [0.25, 0.3) is 6.08 Å². The number of ether oxygens (including phenoxy) is 2. The van der Waals surface area contributed by atoms with E-state index in [2.05, 4.69) is 41.9 Å². The molecule has 0 atom stereocenters. The maximum atomic E-state index is 13.0. The molecule has 38 heavy (non-hydrogen) atoms. The molecule has 11 nitrogen and oxygen atoms in total. The number of benzene rings is 2. The van der Waals surface area contributed by atoms with Crippen LogP contribution < -0.4 is 10.1 Å². The lowest BCUT2D eigenvalue weighted by molar-refractivity contribution is -0.385. The first kappa shape index (κ1) is 27.4. The number of carbonyl (C=O) groups is 3. The third-order valence-electron chi connectivity index (χ3n) is 5.27. The molecule has 0 unspecified atom stereocenters. The molecule has 1 saturated heterocycles. The monoisotopic (exact) mass is 667 g/mol. The van der Waals surface area contributed by atoms with Crippen molar-refractivity contribution in [2.45, 2.75) is 13.2 Å². The Morgan fingerprint density at radius 3 is 2.66 bits per heavy atom. The lowest BCUT2D eigenvalue weighted by Crippen LogP contribution is -2.30. The zero-order valence-corrected chi connectivity index (χ0v) is 23.3. The number of nitrogens with zero attached hydrogens (tertiary/aromatic N) is 2. The SMILES string of the molecule is COC(=O)c1ccc(CN2C(=O)N/C(=C\c3cc(Cl)cc([N+](=O)[O-])c3OCc3ccc(Br)cc3Br)C2=O)o1. The van der Waals surface area contributed by atoms with Gasteiger partial charge in [-0.2, -0.15) is 0 Å². The number of hydrogen-bond acceptors (Lipinski definition) is 8. The maximum Gasteiger partial charge on any atom is 0.373 e. The predicted octanol–water partition coefficient (Wildman–Crippen LogP) is 5.82. The van der Waals surface area contributed by atoms with E-state index in [9.17, 15) is 24.5 Å². The molecular formula is C24H16Br2ClN3O8. The van der Waals surface area contributed by atoms with E-state index in [0.717, 1.165) is 15.4 Å². The Morgan fingerprint density at radius 2 is 1.97 bits per heavy atom. The van der Waals surface area contributed by atoms with Crippen molar-refractivity contribution >= 4 is 73.1 Å². The van der Waals surface area contributed by atoms with E-state index < -0.39 is 28.5 Å². The number of halogens is 3. The van der Waals surface area contributed by atoms with Crippen LogP contribution in [0.3, 0.4) is 0 Å². The van der Waals surface area contributed by atoms with Gasteiger partial charge in [-0.1, -0.05) is 49.5 Å². The van der Waals surface area contributed by atoms with E-state index in [1.54, 1.807) is 18.2 Å². The van der Waals surface area contributed by atoms with Crippen molar-refractivity contribution in [2.24, 2.45) is 0 Å². The largest absolute Gasteiger partial charge is 0.481 e. The van der Waals surface area contributed by atoms with Crippen molar-refractivity contribution < 1.29 is 33.2 Å². The van der Waals surface area contributed by atoms with Crippen molar-refractivity contribution in [1.29, 1.82) is 0 Å². The van der Waals surface area contributed by atoms with Crippen LogP contribution >= 0.6 is 43.5 Å². The van der Waals surface area contributed by atoms with Gasteiger partial charge >= 0.3 is 17.7 Å². The fourth-order valence-corrected chi connectivity index (χ4v) is 4.87. The summed E-state index contributed by atoms with van der Waals surface area (Å²) in [6, 6.07) is 9.90. The molecule has 2 aromatic carbocycles. The van der Waals surface area contributed by atoms with Crippen LogP contribution in [0.1, 0.15) is 27.4 Å². The summed E-state index contributed by atoms with van der Waals surface area (Å²) in [5, 5.41) is 14.2. The molecule has 14 heteroatoms. The van der Waals surface area contributed by atoms with E-state index >= 15 is 0 Å². The average molecular weight is 670 g/mol. The second-order valence-electron chi connectivity index (χ2n) is 7.76. The number of nitrogens with one attached hydrogen (secondary N) is 1. The van der Waals surface area contributed by atoms with E-state index in [4.69, 9.17) is 20.8 Å². The number of urea groups is 1. The zero-order chi connectivity index (χ0) is 27.6. The Labute approximate surface area is 236 Å². The molecule has 1 aliphatic rings. The van der Waals surface area contributed by atoms with Gasteiger partial charge in [0.25, 0.3) is 5.91 Å². The van der Waals surface area contributed by atoms with E-state index in [-0.39, 0.29) is 46.7 Å². The number of methoxy groups -OCH3 is 1. The first-order valence-electron chi connectivity index (χ1n) is 10.6. The molecule has 1 N–H and O–H groups in total. The summed E-state index contributed by atoms with van der Waals surface area (Å²) in [5.41, 5.74) is 0.226. The molecule has 3 aromatic rings. The molecule has 2 heterocycles. The van der Waals surface area contributed by atoms with Gasteiger partial charge in [0.15, 0.2) is 0 Å². The third-order valence-corrected chi connectivity index (χ3v) is 6.72. The van der Waals surface area contributed by atoms with Gasteiger partial charge in [0.05, 0.1) is 18.6 Å². The van der Waals surface area contributed by atoms with Crippen molar-refractivity contribution in [2.75, 3.05) is 7.11 Å². The van der Waals surface area contributed by atoms with Crippen LogP contribution in [0, 0.1) is 10.1 Å². The molecular weight excluding hydrogens is 654 g/mol. The van der Waals surface area contributed by atoms with Crippen LogP contribution in [0.15, 0.2) is 61.5 Å². The summed E-state index contributed by atoms with van der Waals surface area (Å²) >= 11 is 12.9. The van der Waals surface area contributed by atoms with E-state index in [0.29, 0.717) is 10.0 Å².